The molecule has 3 rings (SSSR count). The summed E-state index contributed by atoms with van der Waals surface area (Å²) in [6.45, 7) is 4.86. The molecule has 0 saturated heterocycles. The molecule has 0 fully saturated rings. The van der Waals surface area contributed by atoms with Crippen LogP contribution in [-0.4, -0.2) is 41.3 Å². The smallest absolute Gasteiger partial charge is 0.243 e. The third kappa shape index (κ3) is 4.77. The molecule has 3 aromatic rings. The molecule has 1 aromatic heterocycles. The second-order valence-electron chi connectivity index (χ2n) is 6.49. The van der Waals surface area contributed by atoms with E-state index in [-0.39, 0.29) is 17.2 Å². The first-order chi connectivity index (χ1) is 13.8. The molecule has 0 aliphatic heterocycles. The van der Waals surface area contributed by atoms with E-state index in [9.17, 15) is 13.2 Å². The molecule has 9 heteroatoms. The summed E-state index contributed by atoms with van der Waals surface area (Å²) in [5.41, 5.74) is 2.00. The normalized spacial score (nSPS) is 11.9. The minimum Gasteiger partial charge on any atom is -0.330 e. The van der Waals surface area contributed by atoms with E-state index in [2.05, 4.69) is 10.3 Å². The maximum absolute atomic E-state index is 12.7. The zero-order valence-corrected chi connectivity index (χ0v) is 17.9. The van der Waals surface area contributed by atoms with Crippen molar-refractivity contribution < 1.29 is 13.2 Å². The summed E-state index contributed by atoms with van der Waals surface area (Å²) in [6.07, 6.45) is 1.86. The quantitative estimate of drug-likeness (QED) is 0.585. The molecule has 154 valence electrons. The second-order valence-corrected chi connectivity index (χ2v) is 8.86. The number of hydrogen-bond acceptors (Lipinski definition) is 4. The number of sulfonamides is 1. The molecular formula is C20H23ClN4O3S. The molecule has 0 spiro atoms. The standard InChI is InChI=1S/C20H23ClN4O3S/c1-3-25(4-2)29(27,28)17-8-9-19-18(13-17)22-14-24(19)11-10-20(26)23-16-7-5-6-15(21)12-16/h5-9,12-14H,3-4,10-11H2,1-2H3,(H,23,26). The van der Waals surface area contributed by atoms with Crippen LogP contribution in [0.4, 0.5) is 5.69 Å². The van der Waals surface area contributed by atoms with Crippen molar-refractivity contribution in [2.24, 2.45) is 0 Å². The predicted molar refractivity (Wildman–Crippen MR) is 115 cm³/mol. The van der Waals surface area contributed by atoms with E-state index >= 15 is 0 Å². The summed E-state index contributed by atoms with van der Waals surface area (Å²) < 4.78 is 28.6. The van der Waals surface area contributed by atoms with Crippen LogP contribution in [0.3, 0.4) is 0 Å². The zero-order chi connectivity index (χ0) is 21.0. The van der Waals surface area contributed by atoms with Crippen molar-refractivity contribution >= 4 is 44.3 Å². The maximum Gasteiger partial charge on any atom is 0.243 e. The van der Waals surface area contributed by atoms with Crippen molar-refractivity contribution in [3.8, 4) is 0 Å². The van der Waals surface area contributed by atoms with Crippen LogP contribution < -0.4 is 5.32 Å². The fourth-order valence-corrected chi connectivity index (χ4v) is 4.78. The average Bonchev–Trinajstić information content (AvgIpc) is 3.09. The van der Waals surface area contributed by atoms with Crippen LogP contribution >= 0.6 is 11.6 Å². The van der Waals surface area contributed by atoms with Crippen LogP contribution in [0.5, 0.6) is 0 Å². The molecule has 2 aromatic carbocycles. The molecule has 29 heavy (non-hydrogen) atoms. The van der Waals surface area contributed by atoms with Crippen molar-refractivity contribution in [1.82, 2.24) is 13.9 Å². The first kappa shape index (κ1) is 21.3. The molecular weight excluding hydrogens is 412 g/mol. The van der Waals surface area contributed by atoms with Gasteiger partial charge in [0.05, 0.1) is 22.3 Å². The minimum absolute atomic E-state index is 0.144. The van der Waals surface area contributed by atoms with Crippen LogP contribution in [0.1, 0.15) is 20.3 Å². The van der Waals surface area contributed by atoms with Gasteiger partial charge < -0.3 is 9.88 Å². The van der Waals surface area contributed by atoms with E-state index in [0.29, 0.717) is 35.9 Å². The number of carbonyl (C=O) groups is 1. The van der Waals surface area contributed by atoms with Crippen molar-refractivity contribution in [3.05, 3.63) is 53.8 Å². The van der Waals surface area contributed by atoms with E-state index in [1.807, 2.05) is 18.4 Å². The monoisotopic (exact) mass is 434 g/mol. The molecule has 0 bridgehead atoms. The number of nitrogens with zero attached hydrogens (tertiary/aromatic N) is 3. The fraction of sp³-hybridized carbons (Fsp3) is 0.300. The van der Waals surface area contributed by atoms with Gasteiger partial charge in [0.15, 0.2) is 0 Å². The van der Waals surface area contributed by atoms with Gasteiger partial charge in [-0.05, 0) is 36.4 Å². The number of amides is 1. The summed E-state index contributed by atoms with van der Waals surface area (Å²) >= 11 is 5.93. The number of benzene rings is 2. The molecule has 1 amide bonds. The topological polar surface area (TPSA) is 84.3 Å². The third-order valence-corrected chi connectivity index (χ3v) is 6.90. The number of carbonyl (C=O) groups excluding carboxylic acids is 1. The van der Waals surface area contributed by atoms with Crippen LogP contribution in [-0.2, 0) is 21.4 Å². The Balaban J connectivity index is 1.72. The Labute approximate surface area is 175 Å². The molecule has 0 saturated carbocycles. The van der Waals surface area contributed by atoms with Gasteiger partial charge in [0.1, 0.15) is 0 Å². The molecule has 0 atom stereocenters. The Bertz CT molecular complexity index is 1120. The van der Waals surface area contributed by atoms with Crippen LogP contribution in [0.2, 0.25) is 5.02 Å². The number of anilines is 1. The van der Waals surface area contributed by atoms with Crippen LogP contribution in [0, 0.1) is 0 Å². The Hall–Kier alpha value is -2.42. The Morgan fingerprint density at radius 3 is 2.62 bits per heavy atom. The SMILES string of the molecule is CCN(CC)S(=O)(=O)c1ccc2c(c1)ncn2CCC(=O)Nc1cccc(Cl)c1. The largest absolute Gasteiger partial charge is 0.330 e. The molecule has 1 N–H and O–H groups in total. The van der Waals surface area contributed by atoms with Crippen molar-refractivity contribution in [3.63, 3.8) is 0 Å². The number of aryl methyl sites for hydroxylation is 1. The summed E-state index contributed by atoms with van der Waals surface area (Å²) in [7, 11) is -3.54. The maximum atomic E-state index is 12.7. The molecule has 0 aliphatic rings. The van der Waals surface area contributed by atoms with Crippen LogP contribution in [0.25, 0.3) is 11.0 Å². The summed E-state index contributed by atoms with van der Waals surface area (Å²) in [5.74, 6) is -0.144. The molecule has 0 radical (unpaired) electrons. The van der Waals surface area contributed by atoms with Gasteiger partial charge in [0, 0.05) is 36.8 Å². The van der Waals surface area contributed by atoms with Crippen LogP contribution in [0.15, 0.2) is 53.7 Å². The van der Waals surface area contributed by atoms with E-state index in [0.717, 1.165) is 5.52 Å². The lowest BCUT2D eigenvalue weighted by molar-refractivity contribution is -0.116. The number of aromatic nitrogens is 2. The van der Waals surface area contributed by atoms with Gasteiger partial charge >= 0.3 is 0 Å². The van der Waals surface area contributed by atoms with Gasteiger partial charge in [-0.2, -0.15) is 4.31 Å². The Morgan fingerprint density at radius 1 is 1.17 bits per heavy atom. The number of hydrogen-bond donors (Lipinski definition) is 1. The highest BCUT2D eigenvalue weighted by Crippen LogP contribution is 2.22. The van der Waals surface area contributed by atoms with Gasteiger partial charge in [0.2, 0.25) is 15.9 Å². The van der Waals surface area contributed by atoms with E-state index in [1.165, 1.54) is 4.31 Å². The van der Waals surface area contributed by atoms with Gasteiger partial charge in [0.25, 0.3) is 0 Å². The fourth-order valence-electron chi connectivity index (χ4n) is 3.11. The van der Waals surface area contributed by atoms with Crippen molar-refractivity contribution in [2.75, 3.05) is 18.4 Å². The molecule has 0 unspecified atom stereocenters. The number of imidazole rings is 1. The highest BCUT2D eigenvalue weighted by molar-refractivity contribution is 7.89. The highest BCUT2D eigenvalue weighted by atomic mass is 35.5. The Morgan fingerprint density at radius 2 is 1.93 bits per heavy atom. The lowest BCUT2D eigenvalue weighted by Crippen LogP contribution is -2.30. The lowest BCUT2D eigenvalue weighted by Gasteiger charge is -2.18. The third-order valence-electron chi connectivity index (χ3n) is 4.62. The van der Waals surface area contributed by atoms with Gasteiger partial charge in [-0.15, -0.1) is 0 Å². The zero-order valence-electron chi connectivity index (χ0n) is 16.3. The number of fused-ring (bicyclic) bond motifs is 1. The van der Waals surface area contributed by atoms with E-state index in [4.69, 9.17) is 11.6 Å². The summed E-state index contributed by atoms with van der Waals surface area (Å²) in [4.78, 5) is 16.7. The Kier molecular flexibility index (Phi) is 6.56. The first-order valence-corrected chi connectivity index (χ1v) is 11.2. The molecule has 0 aliphatic carbocycles. The van der Waals surface area contributed by atoms with Crippen molar-refractivity contribution in [1.29, 1.82) is 0 Å². The number of rotatable bonds is 8. The van der Waals surface area contributed by atoms with E-state index in [1.54, 1.807) is 48.8 Å². The number of nitrogens with one attached hydrogen (secondary N) is 1. The second kappa shape index (κ2) is 8.94. The van der Waals surface area contributed by atoms with Gasteiger partial charge in [-0.3, -0.25) is 4.79 Å². The first-order valence-electron chi connectivity index (χ1n) is 9.35. The molecule has 7 nitrogen and oxygen atoms in total. The summed E-state index contributed by atoms with van der Waals surface area (Å²) in [6, 6.07) is 11.9. The minimum atomic E-state index is -3.54. The average molecular weight is 435 g/mol. The summed E-state index contributed by atoms with van der Waals surface area (Å²) in [5, 5.41) is 3.36. The van der Waals surface area contributed by atoms with Crippen molar-refractivity contribution in [2.45, 2.75) is 31.7 Å². The lowest BCUT2D eigenvalue weighted by atomic mass is 10.3. The van der Waals surface area contributed by atoms with Gasteiger partial charge in [-0.25, -0.2) is 13.4 Å². The molecule has 1 heterocycles. The van der Waals surface area contributed by atoms with Gasteiger partial charge in [-0.1, -0.05) is 31.5 Å². The van der Waals surface area contributed by atoms with E-state index < -0.39 is 10.0 Å². The predicted octanol–water partition coefficient (Wildman–Crippen LogP) is 3.75. The number of halogens is 1. The highest BCUT2D eigenvalue weighted by Gasteiger charge is 2.22.